The molecule has 0 fully saturated rings. The van der Waals surface area contributed by atoms with Crippen LogP contribution in [-0.4, -0.2) is 4.98 Å². The van der Waals surface area contributed by atoms with Gasteiger partial charge in [-0.2, -0.15) is 8.78 Å². The van der Waals surface area contributed by atoms with Crippen LogP contribution in [0.2, 0.25) is 0 Å². The van der Waals surface area contributed by atoms with Gasteiger partial charge in [0.05, 0.1) is 11.9 Å². The van der Waals surface area contributed by atoms with Gasteiger partial charge in [0.1, 0.15) is 0 Å². The summed E-state index contributed by atoms with van der Waals surface area (Å²) in [5, 5.41) is 0. The van der Waals surface area contributed by atoms with E-state index in [0.29, 0.717) is 5.69 Å². The van der Waals surface area contributed by atoms with Crippen LogP contribution in [-0.2, 0) is 5.66 Å². The predicted molar refractivity (Wildman–Crippen MR) is 45.7 cm³/mol. The number of hydrogen-bond donors (Lipinski definition) is 2. The van der Waals surface area contributed by atoms with Crippen molar-refractivity contribution in [1.29, 1.82) is 0 Å². The van der Waals surface area contributed by atoms with E-state index in [1.807, 2.05) is 0 Å². The quantitative estimate of drug-likeness (QED) is 0.420. The number of nitrogens with zero attached hydrogens (tertiary/aromatic N) is 1. The van der Waals surface area contributed by atoms with Gasteiger partial charge in [0, 0.05) is 11.8 Å². The molecule has 6 heteroatoms. The first-order valence-electron chi connectivity index (χ1n) is 3.13. The van der Waals surface area contributed by atoms with E-state index in [0.717, 1.165) is 6.20 Å². The minimum Gasteiger partial charge on any atom is -0.323 e. The number of anilines is 1. The molecule has 3 nitrogen and oxygen atoms in total. The van der Waals surface area contributed by atoms with Gasteiger partial charge in [-0.3, -0.25) is 10.8 Å². The molecule has 0 saturated heterocycles. The molecule has 12 heavy (non-hydrogen) atoms. The topological polar surface area (TPSA) is 50.9 Å². The molecule has 3 N–H and O–H groups in total. The second-order valence-electron chi connectivity index (χ2n) is 2.23. The van der Waals surface area contributed by atoms with Crippen LogP contribution in [0.15, 0.2) is 18.5 Å². The Bertz CT molecular complexity index is 274. The first-order valence-corrected chi connectivity index (χ1v) is 3.70. The smallest absolute Gasteiger partial charge is 0.285 e. The maximum Gasteiger partial charge on any atom is 0.285 e. The highest BCUT2D eigenvalue weighted by molar-refractivity contribution is 7.17. The molecular weight excluding hydrogens is 183 g/mol. The fraction of sp³-hybridized carbons (Fsp3) is 0.167. The monoisotopic (exact) mass is 191 g/mol. The zero-order chi connectivity index (χ0) is 9.19. The van der Waals surface area contributed by atoms with Gasteiger partial charge in [0.15, 0.2) is 0 Å². The Kier molecular flexibility index (Phi) is 2.55. The van der Waals surface area contributed by atoms with Gasteiger partial charge in [-0.25, -0.2) is 0 Å². The zero-order valence-electron chi connectivity index (χ0n) is 6.09. The Morgan fingerprint density at radius 1 is 1.50 bits per heavy atom. The minimum atomic E-state index is -2.96. The number of nitrogen functional groups attached to an aromatic ring is 1. The highest BCUT2D eigenvalue weighted by atomic mass is 31.0. The number of nitrogens with two attached hydrogens (primary N) is 1. The molecule has 0 amide bonds. The molecule has 0 aliphatic carbocycles. The highest BCUT2D eigenvalue weighted by Crippen LogP contribution is 2.34. The average Bonchev–Trinajstić information content (AvgIpc) is 2.03. The molecule has 0 bridgehead atoms. The van der Waals surface area contributed by atoms with Crippen molar-refractivity contribution in [3.8, 4) is 0 Å². The number of hydrogen-bond acceptors (Lipinski definition) is 3. The summed E-state index contributed by atoms with van der Waals surface area (Å²) in [6, 6.07) is 1.24. The van der Waals surface area contributed by atoms with Crippen LogP contribution in [0, 0.1) is 0 Å². The molecule has 1 aromatic rings. The fourth-order valence-corrected chi connectivity index (χ4v) is 0.859. The van der Waals surface area contributed by atoms with Crippen LogP contribution in [0.3, 0.4) is 0 Å². The molecule has 0 aliphatic rings. The van der Waals surface area contributed by atoms with Crippen molar-refractivity contribution in [2.75, 3.05) is 5.43 Å². The fourth-order valence-electron chi connectivity index (χ4n) is 0.701. The number of alkyl halides is 2. The molecule has 0 aromatic carbocycles. The molecule has 0 radical (unpaired) electrons. The number of pyridine rings is 1. The summed E-state index contributed by atoms with van der Waals surface area (Å²) in [5.41, 5.74) is -0.560. The maximum absolute atomic E-state index is 12.6. The Morgan fingerprint density at radius 3 is 2.67 bits per heavy atom. The number of rotatable bonds is 2. The molecule has 1 rings (SSSR count). The van der Waals surface area contributed by atoms with Gasteiger partial charge in [-0.05, 0) is 6.07 Å². The summed E-state index contributed by atoms with van der Waals surface area (Å²) >= 11 is 0. The molecule has 1 heterocycles. The van der Waals surface area contributed by atoms with Crippen LogP contribution in [0.5, 0.6) is 0 Å². The van der Waals surface area contributed by atoms with E-state index in [-0.39, 0.29) is 5.56 Å². The first kappa shape index (κ1) is 9.29. The third kappa shape index (κ3) is 2.09. The van der Waals surface area contributed by atoms with Crippen LogP contribution >= 0.6 is 9.24 Å². The standard InChI is InChI=1S/C6H8F2N3P/c7-6(8,12)4-1-5(11-9)3-10-2-4/h1-3,11H,9,12H2. The molecular formula is C6H8F2N3P. The van der Waals surface area contributed by atoms with E-state index >= 15 is 0 Å². The lowest BCUT2D eigenvalue weighted by Crippen LogP contribution is -2.09. The zero-order valence-corrected chi connectivity index (χ0v) is 7.24. The van der Waals surface area contributed by atoms with Crippen LogP contribution in [0.1, 0.15) is 5.56 Å². The lowest BCUT2D eigenvalue weighted by Gasteiger charge is -2.10. The van der Waals surface area contributed by atoms with Gasteiger partial charge < -0.3 is 5.43 Å². The molecule has 66 valence electrons. The number of nitrogens with one attached hydrogen (secondary N) is 1. The minimum absolute atomic E-state index is 0.192. The van der Waals surface area contributed by atoms with E-state index < -0.39 is 5.66 Å². The van der Waals surface area contributed by atoms with Crippen LogP contribution in [0.4, 0.5) is 14.5 Å². The molecule has 0 spiro atoms. The summed E-state index contributed by atoms with van der Waals surface area (Å²) in [7, 11) is 1.43. The number of aromatic nitrogens is 1. The van der Waals surface area contributed by atoms with Crippen LogP contribution < -0.4 is 11.3 Å². The Balaban J connectivity index is 3.02. The molecule has 0 aliphatic heterocycles. The van der Waals surface area contributed by atoms with E-state index in [9.17, 15) is 8.78 Å². The molecule has 1 atom stereocenters. The van der Waals surface area contributed by atoms with Crippen molar-refractivity contribution in [2.45, 2.75) is 5.66 Å². The molecule has 1 aromatic heterocycles. The van der Waals surface area contributed by atoms with Crippen molar-refractivity contribution >= 4 is 14.9 Å². The third-order valence-corrected chi connectivity index (χ3v) is 1.62. The Hall–Kier alpha value is -0.800. The van der Waals surface area contributed by atoms with Crippen molar-refractivity contribution < 1.29 is 8.78 Å². The van der Waals surface area contributed by atoms with E-state index in [1.54, 1.807) is 0 Å². The highest BCUT2D eigenvalue weighted by Gasteiger charge is 2.24. The largest absolute Gasteiger partial charge is 0.323 e. The second kappa shape index (κ2) is 3.29. The van der Waals surface area contributed by atoms with E-state index in [2.05, 4.69) is 10.4 Å². The number of halogens is 2. The summed E-state index contributed by atoms with van der Waals surface area (Å²) in [6.45, 7) is 0. The van der Waals surface area contributed by atoms with Crippen molar-refractivity contribution in [1.82, 2.24) is 4.98 Å². The van der Waals surface area contributed by atoms with Crippen LogP contribution in [0.25, 0.3) is 0 Å². The second-order valence-corrected chi connectivity index (χ2v) is 2.95. The summed E-state index contributed by atoms with van der Waals surface area (Å²) < 4.78 is 25.3. The number of hydrazine groups is 1. The van der Waals surface area contributed by atoms with E-state index in [4.69, 9.17) is 5.84 Å². The average molecular weight is 191 g/mol. The SMILES string of the molecule is NNc1cncc(C(F)(F)P)c1. The van der Waals surface area contributed by atoms with Gasteiger partial charge in [0.25, 0.3) is 5.66 Å². The Morgan fingerprint density at radius 2 is 2.17 bits per heavy atom. The van der Waals surface area contributed by atoms with Gasteiger partial charge >= 0.3 is 0 Å². The lowest BCUT2D eigenvalue weighted by atomic mass is 10.3. The maximum atomic E-state index is 12.6. The normalized spacial score (nSPS) is 11.3. The van der Waals surface area contributed by atoms with Gasteiger partial charge in [-0.15, -0.1) is 0 Å². The molecule has 0 saturated carbocycles. The third-order valence-electron chi connectivity index (χ3n) is 1.29. The van der Waals surface area contributed by atoms with Crippen molar-refractivity contribution in [3.63, 3.8) is 0 Å². The van der Waals surface area contributed by atoms with E-state index in [1.165, 1.54) is 21.5 Å². The summed E-state index contributed by atoms with van der Waals surface area (Å²) in [5.74, 6) is 5.02. The molecule has 1 unspecified atom stereocenters. The van der Waals surface area contributed by atoms with Crippen molar-refractivity contribution in [3.05, 3.63) is 24.0 Å². The summed E-state index contributed by atoms with van der Waals surface area (Å²) in [6.07, 6.45) is 2.45. The van der Waals surface area contributed by atoms with Gasteiger partial charge in [-0.1, -0.05) is 9.24 Å². The summed E-state index contributed by atoms with van der Waals surface area (Å²) in [4.78, 5) is 3.59. The van der Waals surface area contributed by atoms with Crippen molar-refractivity contribution in [2.24, 2.45) is 5.84 Å². The lowest BCUT2D eigenvalue weighted by molar-refractivity contribution is 0.103. The Labute approximate surface area is 70.5 Å². The predicted octanol–water partition coefficient (Wildman–Crippen LogP) is 1.29. The van der Waals surface area contributed by atoms with Gasteiger partial charge in [0.2, 0.25) is 0 Å². The first-order chi connectivity index (χ1) is 5.54.